The van der Waals surface area contributed by atoms with E-state index < -0.39 is 0 Å². The lowest BCUT2D eigenvalue weighted by Gasteiger charge is -2.04. The first-order valence-electron chi connectivity index (χ1n) is 8.79. The van der Waals surface area contributed by atoms with Gasteiger partial charge in [0.1, 0.15) is 5.75 Å². The molecule has 0 fully saturated rings. The second kappa shape index (κ2) is 10.1. The van der Waals surface area contributed by atoms with Crippen LogP contribution < -0.4 is 10.1 Å². The van der Waals surface area contributed by atoms with Crippen LogP contribution in [0.4, 0.5) is 5.13 Å². The molecule has 0 unspecified atom stereocenters. The molecular weight excluding hydrogens is 378 g/mol. The van der Waals surface area contributed by atoms with Crippen LogP contribution in [0.1, 0.15) is 29.3 Å². The average Bonchev–Trinajstić information content (AvgIpc) is 3.14. The van der Waals surface area contributed by atoms with Crippen LogP contribution in [-0.4, -0.2) is 28.5 Å². The van der Waals surface area contributed by atoms with Crippen molar-refractivity contribution >= 4 is 34.1 Å². The molecule has 7 heteroatoms. The van der Waals surface area contributed by atoms with Crippen molar-refractivity contribution in [2.45, 2.75) is 24.1 Å². The predicted molar refractivity (Wildman–Crippen MR) is 111 cm³/mol. The summed E-state index contributed by atoms with van der Waals surface area (Å²) in [5, 5.41) is 11.5. The van der Waals surface area contributed by atoms with Crippen molar-refractivity contribution in [1.29, 1.82) is 0 Å². The summed E-state index contributed by atoms with van der Waals surface area (Å²) in [6.45, 7) is 2.52. The van der Waals surface area contributed by atoms with E-state index in [0.29, 0.717) is 17.3 Å². The van der Waals surface area contributed by atoms with Gasteiger partial charge in [0.15, 0.2) is 4.34 Å². The van der Waals surface area contributed by atoms with Gasteiger partial charge in [-0.15, -0.1) is 10.2 Å². The summed E-state index contributed by atoms with van der Waals surface area (Å²) in [6.07, 6.45) is 2.12. The Labute approximate surface area is 167 Å². The van der Waals surface area contributed by atoms with Crippen molar-refractivity contribution in [3.05, 3.63) is 65.7 Å². The second-order valence-electron chi connectivity index (χ2n) is 5.72. The van der Waals surface area contributed by atoms with Crippen LogP contribution >= 0.6 is 23.1 Å². The third-order valence-electron chi connectivity index (χ3n) is 3.73. The number of nitrogens with one attached hydrogen (secondary N) is 1. The molecule has 2 aromatic carbocycles. The van der Waals surface area contributed by atoms with Crippen LogP contribution in [-0.2, 0) is 6.42 Å². The summed E-state index contributed by atoms with van der Waals surface area (Å²) >= 11 is 3.07. The summed E-state index contributed by atoms with van der Waals surface area (Å²) in [5.74, 6) is 1.52. The molecule has 1 aromatic heterocycles. The van der Waals surface area contributed by atoms with E-state index in [1.807, 2.05) is 13.0 Å². The van der Waals surface area contributed by atoms with E-state index in [1.54, 1.807) is 36.0 Å². The average molecular weight is 400 g/mol. The number of hydrogen-bond donors (Lipinski definition) is 1. The van der Waals surface area contributed by atoms with Gasteiger partial charge >= 0.3 is 0 Å². The minimum absolute atomic E-state index is 0.199. The van der Waals surface area contributed by atoms with Crippen LogP contribution in [0.2, 0.25) is 0 Å². The van der Waals surface area contributed by atoms with Gasteiger partial charge in [-0.1, -0.05) is 53.4 Å². The molecule has 0 saturated carbocycles. The van der Waals surface area contributed by atoms with Gasteiger partial charge in [-0.05, 0) is 49.6 Å². The monoisotopic (exact) mass is 399 g/mol. The molecule has 1 amide bonds. The quantitative estimate of drug-likeness (QED) is 0.314. The van der Waals surface area contributed by atoms with Gasteiger partial charge in [0.05, 0.1) is 6.61 Å². The van der Waals surface area contributed by atoms with E-state index in [-0.39, 0.29) is 5.91 Å². The summed E-state index contributed by atoms with van der Waals surface area (Å²) in [5.41, 5.74) is 1.91. The zero-order chi connectivity index (χ0) is 18.9. The van der Waals surface area contributed by atoms with E-state index in [9.17, 15) is 4.79 Å². The number of benzene rings is 2. The number of carbonyl (C=O) groups excluding carboxylic acids is 1. The number of thioether (sulfide) groups is 1. The number of nitrogens with zero attached hydrogens (tertiary/aromatic N) is 2. The number of ether oxygens (including phenoxy) is 1. The van der Waals surface area contributed by atoms with E-state index in [2.05, 4.69) is 39.8 Å². The maximum atomic E-state index is 12.3. The summed E-state index contributed by atoms with van der Waals surface area (Å²) in [4.78, 5) is 12.3. The fraction of sp³-hybridized carbons (Fsp3) is 0.250. The lowest BCUT2D eigenvalue weighted by Crippen LogP contribution is -2.11. The number of rotatable bonds is 9. The molecule has 27 heavy (non-hydrogen) atoms. The fourth-order valence-electron chi connectivity index (χ4n) is 2.44. The molecule has 0 spiro atoms. The first kappa shape index (κ1) is 19.4. The van der Waals surface area contributed by atoms with Crippen LogP contribution in [0, 0.1) is 0 Å². The molecule has 1 N–H and O–H groups in total. The molecule has 0 saturated heterocycles. The largest absolute Gasteiger partial charge is 0.494 e. The topological polar surface area (TPSA) is 64.1 Å². The number of carbonyl (C=O) groups is 1. The zero-order valence-corrected chi connectivity index (χ0v) is 16.7. The number of aryl methyl sites for hydroxylation is 1. The maximum Gasteiger partial charge on any atom is 0.257 e. The molecule has 0 bridgehead atoms. The van der Waals surface area contributed by atoms with Crippen molar-refractivity contribution in [2.24, 2.45) is 0 Å². The van der Waals surface area contributed by atoms with Crippen LogP contribution in [0.5, 0.6) is 5.75 Å². The van der Waals surface area contributed by atoms with Crippen LogP contribution in [0.25, 0.3) is 0 Å². The van der Waals surface area contributed by atoms with Gasteiger partial charge in [0.25, 0.3) is 5.91 Å². The van der Waals surface area contributed by atoms with Crippen molar-refractivity contribution in [3.8, 4) is 5.75 Å². The Kier molecular flexibility index (Phi) is 7.24. The molecule has 0 aliphatic rings. The molecule has 0 aliphatic heterocycles. The van der Waals surface area contributed by atoms with Gasteiger partial charge < -0.3 is 4.74 Å². The minimum atomic E-state index is -0.199. The van der Waals surface area contributed by atoms with Gasteiger partial charge in [-0.25, -0.2) is 0 Å². The van der Waals surface area contributed by atoms with E-state index in [1.165, 1.54) is 16.9 Å². The third kappa shape index (κ3) is 6.08. The third-order valence-corrected chi connectivity index (χ3v) is 5.79. The van der Waals surface area contributed by atoms with Gasteiger partial charge in [-0.2, -0.15) is 0 Å². The van der Waals surface area contributed by atoms with E-state index in [4.69, 9.17) is 4.74 Å². The smallest absolute Gasteiger partial charge is 0.257 e. The highest BCUT2D eigenvalue weighted by atomic mass is 32.2. The first-order valence-corrected chi connectivity index (χ1v) is 10.6. The zero-order valence-electron chi connectivity index (χ0n) is 15.1. The van der Waals surface area contributed by atoms with Crippen molar-refractivity contribution < 1.29 is 9.53 Å². The minimum Gasteiger partial charge on any atom is -0.494 e. The normalized spacial score (nSPS) is 10.6. The first-order chi connectivity index (χ1) is 13.2. The van der Waals surface area contributed by atoms with Gasteiger partial charge in [0, 0.05) is 11.3 Å². The molecule has 5 nitrogen and oxygen atoms in total. The lowest BCUT2D eigenvalue weighted by atomic mass is 10.1. The Bertz CT molecular complexity index is 851. The van der Waals surface area contributed by atoms with E-state index >= 15 is 0 Å². The molecule has 140 valence electrons. The van der Waals surface area contributed by atoms with Crippen molar-refractivity contribution in [2.75, 3.05) is 17.7 Å². The van der Waals surface area contributed by atoms with E-state index in [0.717, 1.165) is 28.7 Å². The molecule has 0 radical (unpaired) electrons. The molecular formula is C20H21N3O2S2. The van der Waals surface area contributed by atoms with Gasteiger partial charge in [-0.3, -0.25) is 10.1 Å². The highest BCUT2D eigenvalue weighted by Crippen LogP contribution is 2.26. The van der Waals surface area contributed by atoms with Crippen molar-refractivity contribution in [1.82, 2.24) is 10.2 Å². The second-order valence-corrected chi connectivity index (χ2v) is 8.04. The number of aromatic nitrogens is 2. The highest BCUT2D eigenvalue weighted by molar-refractivity contribution is 8.01. The Morgan fingerprint density at radius 3 is 2.63 bits per heavy atom. The summed E-state index contributed by atoms with van der Waals surface area (Å²) < 4.78 is 6.25. The summed E-state index contributed by atoms with van der Waals surface area (Å²) in [7, 11) is 0. The Hall–Kier alpha value is -2.38. The molecule has 3 aromatic rings. The lowest BCUT2D eigenvalue weighted by molar-refractivity contribution is 0.102. The molecule has 0 atom stereocenters. The standard InChI is InChI=1S/C20H21N3O2S2/c1-2-25-17-12-10-16(11-13-17)18(24)21-19-22-23-20(27-19)26-14-6-9-15-7-4-3-5-8-15/h3-5,7-8,10-13H,2,6,9,14H2,1H3,(H,21,22,24). The molecule has 0 aliphatic carbocycles. The van der Waals surface area contributed by atoms with Crippen LogP contribution in [0.3, 0.4) is 0 Å². The fourth-order valence-corrected chi connectivity index (χ4v) is 4.19. The highest BCUT2D eigenvalue weighted by Gasteiger charge is 2.10. The number of hydrogen-bond acceptors (Lipinski definition) is 6. The molecule has 1 heterocycles. The predicted octanol–water partition coefficient (Wildman–Crippen LogP) is 4.91. The Balaban J connectivity index is 1.45. The summed E-state index contributed by atoms with van der Waals surface area (Å²) in [6, 6.07) is 17.5. The Morgan fingerprint density at radius 2 is 1.89 bits per heavy atom. The number of anilines is 1. The van der Waals surface area contributed by atoms with Crippen LogP contribution in [0.15, 0.2) is 58.9 Å². The Morgan fingerprint density at radius 1 is 1.11 bits per heavy atom. The van der Waals surface area contributed by atoms with Gasteiger partial charge in [0.2, 0.25) is 5.13 Å². The number of amides is 1. The molecule has 3 rings (SSSR count). The maximum absolute atomic E-state index is 12.3. The SMILES string of the molecule is CCOc1ccc(C(=O)Nc2nnc(SCCCc3ccccc3)s2)cc1. The van der Waals surface area contributed by atoms with Crippen molar-refractivity contribution in [3.63, 3.8) is 0 Å².